The maximum atomic E-state index is 13.3. The van der Waals surface area contributed by atoms with Gasteiger partial charge in [-0.3, -0.25) is 14.9 Å². The third-order valence-corrected chi connectivity index (χ3v) is 5.65. The molecule has 0 bridgehead atoms. The van der Waals surface area contributed by atoms with Crippen molar-refractivity contribution in [2.45, 2.75) is 12.8 Å². The van der Waals surface area contributed by atoms with Crippen molar-refractivity contribution in [3.8, 4) is 0 Å². The zero-order valence-electron chi connectivity index (χ0n) is 15.4. The Kier molecular flexibility index (Phi) is 5.96. The number of amides is 2. The molecule has 0 fully saturated rings. The van der Waals surface area contributed by atoms with E-state index < -0.39 is 5.91 Å². The van der Waals surface area contributed by atoms with E-state index in [2.05, 4.69) is 20.6 Å². The Labute approximate surface area is 178 Å². The third kappa shape index (κ3) is 5.16. The van der Waals surface area contributed by atoms with Crippen LogP contribution in [0.5, 0.6) is 0 Å². The molecule has 3 heterocycles. The predicted octanol–water partition coefficient (Wildman–Crippen LogP) is 4.36. The molecule has 0 saturated heterocycles. The number of carbonyl (C=O) groups excluding carboxylic acids is 2. The summed E-state index contributed by atoms with van der Waals surface area (Å²) in [5, 5.41) is 7.91. The van der Waals surface area contributed by atoms with Gasteiger partial charge in [-0.2, -0.15) is 0 Å². The molecule has 2 N–H and O–H groups in total. The van der Waals surface area contributed by atoms with Gasteiger partial charge in [-0.25, -0.2) is 14.4 Å². The molecule has 0 atom stereocenters. The van der Waals surface area contributed by atoms with E-state index in [0.29, 0.717) is 22.4 Å². The summed E-state index contributed by atoms with van der Waals surface area (Å²) in [4.78, 5) is 33.6. The standard InChI is InChI=1S/C20H15FN4O3S2/c21-13-4-1-3-12(7-13)8-15-10-22-19(30-15)24-17(26)9-14-11-29-20(23-14)25-18(27)16-5-2-6-28-16/h1-7,10-11H,8-9H2,(H,22,24,26)(H,23,25,27). The van der Waals surface area contributed by atoms with Gasteiger partial charge in [0.25, 0.3) is 5.91 Å². The topological polar surface area (TPSA) is 97.1 Å². The number of anilines is 2. The van der Waals surface area contributed by atoms with Crippen molar-refractivity contribution >= 4 is 44.8 Å². The summed E-state index contributed by atoms with van der Waals surface area (Å²) in [5.74, 6) is -0.773. The van der Waals surface area contributed by atoms with Gasteiger partial charge < -0.3 is 9.73 Å². The Morgan fingerprint density at radius 2 is 2.03 bits per heavy atom. The van der Waals surface area contributed by atoms with E-state index in [1.165, 1.54) is 41.1 Å². The molecule has 1 aromatic carbocycles. The van der Waals surface area contributed by atoms with E-state index in [1.54, 1.807) is 29.8 Å². The quantitative estimate of drug-likeness (QED) is 0.443. The van der Waals surface area contributed by atoms with Gasteiger partial charge in [0.2, 0.25) is 5.91 Å². The zero-order valence-corrected chi connectivity index (χ0v) is 17.1. The Balaban J connectivity index is 1.30. The molecule has 0 aliphatic carbocycles. The second kappa shape index (κ2) is 8.97. The van der Waals surface area contributed by atoms with Crippen molar-refractivity contribution in [1.82, 2.24) is 9.97 Å². The minimum atomic E-state index is -0.404. The number of carbonyl (C=O) groups is 2. The molecule has 0 unspecified atom stereocenters. The number of nitrogens with zero attached hydrogens (tertiary/aromatic N) is 2. The van der Waals surface area contributed by atoms with Crippen molar-refractivity contribution in [1.29, 1.82) is 0 Å². The van der Waals surface area contributed by atoms with Crippen molar-refractivity contribution in [2.24, 2.45) is 0 Å². The molecule has 7 nitrogen and oxygen atoms in total. The number of furan rings is 1. The van der Waals surface area contributed by atoms with Crippen molar-refractivity contribution in [3.05, 3.63) is 82.0 Å². The van der Waals surface area contributed by atoms with E-state index in [4.69, 9.17) is 4.42 Å². The fourth-order valence-corrected chi connectivity index (χ4v) is 4.20. The largest absolute Gasteiger partial charge is 0.459 e. The number of benzene rings is 1. The van der Waals surface area contributed by atoms with Crippen molar-refractivity contribution < 1.29 is 18.4 Å². The Bertz CT molecular complexity index is 1170. The maximum absolute atomic E-state index is 13.3. The summed E-state index contributed by atoms with van der Waals surface area (Å²) in [6.07, 6.45) is 3.66. The van der Waals surface area contributed by atoms with Crippen LogP contribution < -0.4 is 10.6 Å². The number of nitrogens with one attached hydrogen (secondary N) is 2. The molecule has 10 heteroatoms. The molecule has 152 valence electrons. The van der Waals surface area contributed by atoms with Crippen molar-refractivity contribution in [3.63, 3.8) is 0 Å². The molecule has 0 aliphatic heterocycles. The summed E-state index contributed by atoms with van der Waals surface area (Å²) in [7, 11) is 0. The molecule has 0 spiro atoms. The zero-order chi connectivity index (χ0) is 20.9. The number of hydrogen-bond acceptors (Lipinski definition) is 7. The number of hydrogen-bond donors (Lipinski definition) is 2. The lowest BCUT2D eigenvalue weighted by molar-refractivity contribution is -0.115. The first kappa shape index (κ1) is 19.9. The molecule has 4 aromatic rings. The van der Waals surface area contributed by atoms with Gasteiger partial charge in [0.15, 0.2) is 16.0 Å². The van der Waals surface area contributed by atoms with E-state index in [0.717, 1.165) is 10.4 Å². The van der Waals surface area contributed by atoms with Crippen LogP contribution in [0.3, 0.4) is 0 Å². The van der Waals surface area contributed by atoms with Gasteiger partial charge in [0, 0.05) is 22.9 Å². The highest BCUT2D eigenvalue weighted by Gasteiger charge is 2.14. The van der Waals surface area contributed by atoms with Crippen LogP contribution in [-0.4, -0.2) is 21.8 Å². The van der Waals surface area contributed by atoms with Crippen LogP contribution >= 0.6 is 22.7 Å². The molecule has 4 rings (SSSR count). The van der Waals surface area contributed by atoms with Gasteiger partial charge in [-0.1, -0.05) is 12.1 Å². The number of rotatable bonds is 7. The summed E-state index contributed by atoms with van der Waals surface area (Å²) in [6, 6.07) is 9.54. The second-order valence-electron chi connectivity index (χ2n) is 6.24. The molecular formula is C20H15FN4O3S2. The van der Waals surface area contributed by atoms with Gasteiger partial charge >= 0.3 is 0 Å². The Morgan fingerprint density at radius 3 is 2.83 bits per heavy atom. The highest BCUT2D eigenvalue weighted by Crippen LogP contribution is 2.22. The average molecular weight is 442 g/mol. The van der Waals surface area contributed by atoms with Gasteiger partial charge in [-0.15, -0.1) is 22.7 Å². The SMILES string of the molecule is O=C(Cc1csc(NC(=O)c2ccco2)n1)Nc1ncc(Cc2cccc(F)c2)s1. The van der Waals surface area contributed by atoms with Crippen molar-refractivity contribution in [2.75, 3.05) is 10.6 Å². The second-order valence-corrected chi connectivity index (χ2v) is 8.21. The van der Waals surface area contributed by atoms with E-state index >= 15 is 0 Å². The summed E-state index contributed by atoms with van der Waals surface area (Å²) in [6.45, 7) is 0. The number of thiazole rings is 2. The third-order valence-electron chi connectivity index (χ3n) is 3.93. The minimum Gasteiger partial charge on any atom is -0.459 e. The number of halogens is 1. The molecule has 0 aliphatic rings. The summed E-state index contributed by atoms with van der Waals surface area (Å²) < 4.78 is 18.3. The summed E-state index contributed by atoms with van der Waals surface area (Å²) >= 11 is 2.56. The first-order valence-corrected chi connectivity index (χ1v) is 10.5. The van der Waals surface area contributed by atoms with Crippen LogP contribution in [0, 0.1) is 5.82 Å². The van der Waals surface area contributed by atoms with E-state index in [1.807, 2.05) is 6.07 Å². The monoisotopic (exact) mass is 442 g/mol. The summed E-state index contributed by atoms with van der Waals surface area (Å²) in [5.41, 5.74) is 1.37. The normalized spacial score (nSPS) is 10.7. The Hall–Kier alpha value is -3.37. The first-order valence-electron chi connectivity index (χ1n) is 8.83. The van der Waals surface area contributed by atoms with Crippen LogP contribution in [-0.2, 0) is 17.6 Å². The molecule has 30 heavy (non-hydrogen) atoms. The van der Waals surface area contributed by atoms with Gasteiger partial charge in [-0.05, 0) is 29.8 Å². The average Bonchev–Trinajstić information content (AvgIpc) is 3.45. The smallest absolute Gasteiger partial charge is 0.293 e. The maximum Gasteiger partial charge on any atom is 0.293 e. The van der Waals surface area contributed by atoms with Gasteiger partial charge in [0.05, 0.1) is 18.4 Å². The number of aromatic nitrogens is 2. The van der Waals surface area contributed by atoms with Gasteiger partial charge in [0.1, 0.15) is 5.82 Å². The van der Waals surface area contributed by atoms with Crippen LogP contribution in [0.15, 0.2) is 58.7 Å². The highest BCUT2D eigenvalue weighted by molar-refractivity contribution is 7.15. The fourth-order valence-electron chi connectivity index (χ4n) is 2.64. The molecule has 3 aromatic heterocycles. The van der Waals surface area contributed by atoms with Crippen LogP contribution in [0.2, 0.25) is 0 Å². The molecular weight excluding hydrogens is 427 g/mol. The molecule has 0 radical (unpaired) electrons. The lowest BCUT2D eigenvalue weighted by Crippen LogP contribution is -2.15. The fraction of sp³-hybridized carbons (Fsp3) is 0.100. The lowest BCUT2D eigenvalue weighted by Gasteiger charge is -2.00. The van der Waals surface area contributed by atoms with Crippen LogP contribution in [0.4, 0.5) is 14.7 Å². The van der Waals surface area contributed by atoms with Crippen LogP contribution in [0.1, 0.15) is 26.7 Å². The van der Waals surface area contributed by atoms with E-state index in [9.17, 15) is 14.0 Å². The minimum absolute atomic E-state index is 0.0476. The van der Waals surface area contributed by atoms with E-state index in [-0.39, 0.29) is 23.9 Å². The lowest BCUT2D eigenvalue weighted by atomic mass is 10.1. The first-order chi connectivity index (χ1) is 14.5. The molecule has 2 amide bonds. The van der Waals surface area contributed by atoms with Crippen LogP contribution in [0.25, 0.3) is 0 Å². The highest BCUT2D eigenvalue weighted by atomic mass is 32.1. The molecule has 0 saturated carbocycles. The predicted molar refractivity (Wildman–Crippen MR) is 112 cm³/mol. The Morgan fingerprint density at radius 1 is 1.13 bits per heavy atom.